The van der Waals surface area contributed by atoms with Gasteiger partial charge < -0.3 is 0 Å². The fourth-order valence-electron chi connectivity index (χ4n) is 2.86. The minimum absolute atomic E-state index is 0. The maximum absolute atomic E-state index is 3.56. The van der Waals surface area contributed by atoms with Crippen LogP contribution in [0.4, 0.5) is 0 Å². The summed E-state index contributed by atoms with van der Waals surface area (Å²) in [7, 11) is 0. The second-order valence-electron chi connectivity index (χ2n) is 6.16. The van der Waals surface area contributed by atoms with Crippen LogP contribution in [-0.4, -0.2) is 55.7 Å². The predicted molar refractivity (Wildman–Crippen MR) is 102 cm³/mol. The molecule has 0 aliphatic carbocycles. The molecule has 0 unspecified atom stereocenters. The van der Waals surface area contributed by atoms with Crippen LogP contribution in [0.1, 0.15) is 0 Å². The van der Waals surface area contributed by atoms with Crippen molar-refractivity contribution in [1.29, 1.82) is 0 Å². The van der Waals surface area contributed by atoms with Crippen LogP contribution in [0.25, 0.3) is 0 Å². The van der Waals surface area contributed by atoms with E-state index in [0.29, 0.717) is 0 Å². The van der Waals surface area contributed by atoms with Crippen LogP contribution in [0, 0.1) is 0 Å². The molecule has 134 valence electrons. The van der Waals surface area contributed by atoms with E-state index in [4.69, 9.17) is 0 Å². The van der Waals surface area contributed by atoms with Crippen molar-refractivity contribution >= 4 is 28.7 Å². The van der Waals surface area contributed by atoms with Crippen LogP contribution < -0.4 is 19.8 Å². The number of nitrogens with zero attached hydrogens (tertiary/aromatic N) is 1. The summed E-state index contributed by atoms with van der Waals surface area (Å²) < 4.78 is 4.34. The fourth-order valence-corrected chi connectivity index (χ4v) is 7.10. The number of nitrogens with one attached hydrogen (secondary N) is 3. The normalized spacial score (nSPS) is 18.7. The van der Waals surface area contributed by atoms with Crippen LogP contribution in [0.3, 0.4) is 0 Å². The van der Waals surface area contributed by atoms with Gasteiger partial charge in [0.25, 0.3) is 0 Å². The van der Waals surface area contributed by atoms with Gasteiger partial charge in [0.05, 0.1) is 0 Å². The topological polar surface area (TPSA) is 39.3 Å². The van der Waals surface area contributed by atoms with E-state index in [9.17, 15) is 0 Å². The van der Waals surface area contributed by atoms with Gasteiger partial charge in [-0.1, -0.05) is 0 Å². The SMILES string of the molecule is Cl.Cl.[CH3][Ti]([CH3])([c]1ccccc1)[N]1CCNCCNCCNCC1. The van der Waals surface area contributed by atoms with E-state index in [-0.39, 0.29) is 24.8 Å². The molecule has 7 heteroatoms. The van der Waals surface area contributed by atoms with Crippen molar-refractivity contribution in [2.75, 3.05) is 52.4 Å². The third-order valence-electron chi connectivity index (χ3n) is 4.34. The van der Waals surface area contributed by atoms with Crippen molar-refractivity contribution in [3.63, 3.8) is 0 Å². The molecule has 2 rings (SSSR count). The number of rotatable bonds is 2. The molecule has 4 nitrogen and oxygen atoms in total. The summed E-state index contributed by atoms with van der Waals surface area (Å²) in [6.45, 7) is 8.73. The Balaban J connectivity index is 0.00000242. The number of hydrogen-bond acceptors (Lipinski definition) is 4. The summed E-state index contributed by atoms with van der Waals surface area (Å²) in [5, 5.41) is 15.6. The van der Waals surface area contributed by atoms with E-state index in [0.717, 1.165) is 52.4 Å². The molecular formula is C16H32Cl2N4Ti. The molecule has 3 N–H and O–H groups in total. The second kappa shape index (κ2) is 12.7. The first-order valence-electron chi connectivity index (χ1n) is 8.14. The monoisotopic (exact) mass is 398 g/mol. The van der Waals surface area contributed by atoms with Crippen molar-refractivity contribution in [2.24, 2.45) is 0 Å². The van der Waals surface area contributed by atoms with Crippen molar-refractivity contribution in [3.05, 3.63) is 30.3 Å². The summed E-state index contributed by atoms with van der Waals surface area (Å²) in [5.41, 5.74) is 0. The molecule has 1 fully saturated rings. The first-order chi connectivity index (χ1) is 10.2. The van der Waals surface area contributed by atoms with Crippen LogP contribution in [0.2, 0.25) is 10.5 Å². The summed E-state index contributed by atoms with van der Waals surface area (Å²) in [6.07, 6.45) is 0. The maximum atomic E-state index is 3.56. The molecule has 0 amide bonds. The quantitative estimate of drug-likeness (QED) is 0.658. The van der Waals surface area contributed by atoms with Crippen molar-refractivity contribution in [1.82, 2.24) is 19.3 Å². The van der Waals surface area contributed by atoms with Crippen molar-refractivity contribution in [3.8, 4) is 0 Å². The van der Waals surface area contributed by atoms with Gasteiger partial charge in [-0.3, -0.25) is 0 Å². The van der Waals surface area contributed by atoms with Gasteiger partial charge in [-0.25, -0.2) is 0 Å². The van der Waals surface area contributed by atoms with Gasteiger partial charge in [0.2, 0.25) is 0 Å². The Morgan fingerprint density at radius 2 is 1.17 bits per heavy atom. The Morgan fingerprint density at radius 3 is 1.65 bits per heavy atom. The van der Waals surface area contributed by atoms with Gasteiger partial charge in [0.1, 0.15) is 0 Å². The van der Waals surface area contributed by atoms with E-state index in [1.165, 1.54) is 0 Å². The molecule has 0 bridgehead atoms. The standard InChI is InChI=1S/C8H19N4.C6H5.2CH3.2ClH.Ti/c1-2-10-5-6-12-8-7-11-4-3-9-1;1-2-4-6-5-3-1;;;;;/h9-11H,1-8H2;1-5H;2*1H3;2*1H;/q-1;;;;;;+1. The fraction of sp³-hybridized carbons (Fsp3) is 0.625. The van der Waals surface area contributed by atoms with Crippen LogP contribution >= 0.6 is 24.8 Å². The Hall–Kier alpha value is 0.354. The van der Waals surface area contributed by atoms with Gasteiger partial charge in [-0.15, -0.1) is 24.8 Å². The van der Waals surface area contributed by atoms with Gasteiger partial charge >= 0.3 is 133 Å². The molecule has 23 heavy (non-hydrogen) atoms. The minimum atomic E-state index is -2.13. The molecule has 1 heterocycles. The molecule has 0 radical (unpaired) electrons. The average Bonchev–Trinajstić information content (AvgIpc) is 2.48. The molecule has 0 saturated carbocycles. The van der Waals surface area contributed by atoms with Gasteiger partial charge in [-0.2, -0.15) is 0 Å². The third kappa shape index (κ3) is 7.85. The van der Waals surface area contributed by atoms with Gasteiger partial charge in [0, 0.05) is 0 Å². The third-order valence-corrected chi connectivity index (χ3v) is 10.2. The summed E-state index contributed by atoms with van der Waals surface area (Å²) in [5.74, 6) is 0. The molecule has 0 spiro atoms. The summed E-state index contributed by atoms with van der Waals surface area (Å²) in [6, 6.07) is 11.1. The zero-order valence-corrected chi connectivity index (χ0v) is 17.5. The Kier molecular flexibility index (Phi) is 12.9. The van der Waals surface area contributed by atoms with Crippen LogP contribution in [0.5, 0.6) is 0 Å². The van der Waals surface area contributed by atoms with E-state index < -0.39 is 16.8 Å². The molecule has 0 aromatic heterocycles. The first-order valence-corrected chi connectivity index (χ1v) is 12.7. The zero-order chi connectivity index (χ0) is 15.0. The molecule has 1 aliphatic rings. The zero-order valence-electron chi connectivity index (χ0n) is 14.3. The van der Waals surface area contributed by atoms with E-state index in [1.807, 2.05) is 0 Å². The number of halogens is 2. The van der Waals surface area contributed by atoms with Crippen molar-refractivity contribution in [2.45, 2.75) is 10.5 Å². The first kappa shape index (κ1) is 23.4. The molecule has 1 aromatic carbocycles. The molecule has 1 saturated heterocycles. The average molecular weight is 399 g/mol. The van der Waals surface area contributed by atoms with E-state index >= 15 is 0 Å². The van der Waals surface area contributed by atoms with E-state index in [1.54, 1.807) is 3.87 Å². The van der Waals surface area contributed by atoms with Crippen LogP contribution in [-0.2, 0) is 16.8 Å². The van der Waals surface area contributed by atoms with Gasteiger partial charge in [0.15, 0.2) is 0 Å². The molecule has 0 atom stereocenters. The van der Waals surface area contributed by atoms with E-state index in [2.05, 4.69) is 60.1 Å². The predicted octanol–water partition coefficient (Wildman–Crippen LogP) is 1.40. The Labute approximate surface area is 157 Å². The Bertz CT molecular complexity index is 394. The molecule has 1 aliphatic heterocycles. The summed E-state index contributed by atoms with van der Waals surface area (Å²) in [4.78, 5) is 0. The molecule has 1 aromatic rings. The van der Waals surface area contributed by atoms with Crippen molar-refractivity contribution < 1.29 is 16.8 Å². The van der Waals surface area contributed by atoms with Gasteiger partial charge in [-0.05, 0) is 0 Å². The number of benzene rings is 1. The second-order valence-corrected chi connectivity index (χ2v) is 12.9. The van der Waals surface area contributed by atoms with Crippen LogP contribution in [0.15, 0.2) is 30.3 Å². The Morgan fingerprint density at radius 1 is 0.739 bits per heavy atom. The molecular weight excluding hydrogens is 367 g/mol. The number of hydrogen-bond donors (Lipinski definition) is 3. The summed E-state index contributed by atoms with van der Waals surface area (Å²) >= 11 is -2.13.